The van der Waals surface area contributed by atoms with Gasteiger partial charge in [-0.25, -0.2) is 0 Å². The van der Waals surface area contributed by atoms with Crippen molar-refractivity contribution in [1.82, 2.24) is 5.32 Å². The molecule has 1 atom stereocenters. The van der Waals surface area contributed by atoms with Gasteiger partial charge in [-0.3, -0.25) is 0 Å². The zero-order valence-corrected chi connectivity index (χ0v) is 6.93. The Kier molecular flexibility index (Phi) is 6.19. The molecule has 0 saturated carbocycles. The van der Waals surface area contributed by atoms with Gasteiger partial charge in [-0.15, -0.1) is 0 Å². The fourth-order valence-corrected chi connectivity index (χ4v) is 0.811. The molecule has 0 aliphatic rings. The fraction of sp³-hybridized carbons (Fsp3) is 0.556. The third-order valence-corrected chi connectivity index (χ3v) is 1.31. The van der Waals surface area contributed by atoms with E-state index < -0.39 is 0 Å². The van der Waals surface area contributed by atoms with Gasteiger partial charge in [-0.2, -0.15) is 0 Å². The third kappa shape index (κ3) is 5.57. The van der Waals surface area contributed by atoms with Crippen molar-refractivity contribution in [3.63, 3.8) is 0 Å². The third-order valence-electron chi connectivity index (χ3n) is 1.31. The summed E-state index contributed by atoms with van der Waals surface area (Å²) < 4.78 is 0. The number of hydrogen-bond acceptors (Lipinski definition) is 1. The van der Waals surface area contributed by atoms with Gasteiger partial charge in [0.1, 0.15) is 0 Å². The van der Waals surface area contributed by atoms with Crippen LogP contribution < -0.4 is 5.32 Å². The molecule has 10 heavy (non-hydrogen) atoms. The largest absolute Gasteiger partial charge is 0.314 e. The first-order chi connectivity index (χ1) is 4.81. The number of allylic oxidation sites excluding steroid dienone is 2. The van der Waals surface area contributed by atoms with Crippen LogP contribution in [0.2, 0.25) is 0 Å². The molecule has 0 aliphatic carbocycles. The van der Waals surface area contributed by atoms with E-state index in [2.05, 4.69) is 31.8 Å². The highest BCUT2D eigenvalue weighted by molar-refractivity contribution is 4.98. The highest BCUT2D eigenvalue weighted by atomic mass is 14.9. The van der Waals surface area contributed by atoms with Crippen LogP contribution in [0.3, 0.4) is 0 Å². The van der Waals surface area contributed by atoms with Gasteiger partial charge in [0.2, 0.25) is 0 Å². The Morgan fingerprint density at radius 2 is 2.30 bits per heavy atom. The van der Waals surface area contributed by atoms with Crippen LogP contribution in [0.5, 0.6) is 0 Å². The molecule has 0 radical (unpaired) electrons. The highest BCUT2D eigenvalue weighted by Crippen LogP contribution is 1.91. The molecule has 1 nitrogen and oxygen atoms in total. The second-order valence-electron chi connectivity index (χ2n) is 2.36. The molecule has 1 heteroatoms. The minimum Gasteiger partial charge on any atom is -0.314 e. The zero-order chi connectivity index (χ0) is 7.82. The lowest BCUT2D eigenvalue weighted by atomic mass is 10.2. The van der Waals surface area contributed by atoms with Gasteiger partial charge in [0, 0.05) is 6.04 Å². The molecule has 0 aromatic heterocycles. The van der Waals surface area contributed by atoms with E-state index in [0.29, 0.717) is 6.04 Å². The lowest BCUT2D eigenvalue weighted by molar-refractivity contribution is 0.574. The van der Waals surface area contributed by atoms with E-state index in [4.69, 9.17) is 0 Å². The molecule has 0 fully saturated rings. The van der Waals surface area contributed by atoms with Crippen molar-refractivity contribution >= 4 is 0 Å². The van der Waals surface area contributed by atoms with Crippen molar-refractivity contribution < 1.29 is 0 Å². The van der Waals surface area contributed by atoms with Crippen molar-refractivity contribution in [2.24, 2.45) is 0 Å². The van der Waals surface area contributed by atoms with Crippen LogP contribution in [0, 0.1) is 0 Å². The predicted octanol–water partition coefficient (Wildman–Crippen LogP) is 2.12. The molecule has 0 aliphatic heterocycles. The summed E-state index contributed by atoms with van der Waals surface area (Å²) >= 11 is 0. The Morgan fingerprint density at radius 3 is 2.80 bits per heavy atom. The Morgan fingerprint density at radius 1 is 1.60 bits per heavy atom. The van der Waals surface area contributed by atoms with Gasteiger partial charge >= 0.3 is 0 Å². The average molecular weight is 139 g/mol. The maximum Gasteiger partial charge on any atom is 0.00732 e. The van der Waals surface area contributed by atoms with E-state index in [1.807, 2.05) is 6.08 Å². The Balaban J connectivity index is 3.28. The smallest absolute Gasteiger partial charge is 0.00732 e. The monoisotopic (exact) mass is 139 g/mol. The SMILES string of the molecule is C=CC=CCC(C)NCC. The minimum atomic E-state index is 0.584. The van der Waals surface area contributed by atoms with Crippen LogP contribution in [0.1, 0.15) is 20.3 Å². The molecular weight excluding hydrogens is 122 g/mol. The van der Waals surface area contributed by atoms with Gasteiger partial charge < -0.3 is 5.32 Å². The summed E-state index contributed by atoms with van der Waals surface area (Å²) in [5.74, 6) is 0. The van der Waals surface area contributed by atoms with E-state index in [1.165, 1.54) is 0 Å². The molecule has 0 bridgehead atoms. The molecule has 0 aromatic carbocycles. The first kappa shape index (κ1) is 9.44. The lowest BCUT2D eigenvalue weighted by Crippen LogP contribution is -2.24. The molecule has 0 rings (SSSR count). The van der Waals surface area contributed by atoms with Gasteiger partial charge in [0.15, 0.2) is 0 Å². The zero-order valence-electron chi connectivity index (χ0n) is 6.93. The molecular formula is C9H17N. The Bertz CT molecular complexity index is 105. The van der Waals surface area contributed by atoms with Crippen LogP contribution in [0.25, 0.3) is 0 Å². The second kappa shape index (κ2) is 6.56. The molecule has 0 saturated heterocycles. The molecule has 0 aromatic rings. The summed E-state index contributed by atoms with van der Waals surface area (Å²) in [6.07, 6.45) is 6.99. The van der Waals surface area contributed by atoms with Gasteiger partial charge in [0.25, 0.3) is 0 Å². The van der Waals surface area contributed by atoms with Crippen molar-refractivity contribution in [2.75, 3.05) is 6.54 Å². The summed E-state index contributed by atoms with van der Waals surface area (Å²) in [6, 6.07) is 0.584. The molecule has 58 valence electrons. The number of hydrogen-bond donors (Lipinski definition) is 1. The van der Waals surface area contributed by atoms with E-state index in [-0.39, 0.29) is 0 Å². The molecule has 0 heterocycles. The second-order valence-corrected chi connectivity index (χ2v) is 2.36. The normalized spacial score (nSPS) is 13.8. The van der Waals surface area contributed by atoms with Crippen molar-refractivity contribution in [1.29, 1.82) is 0 Å². The van der Waals surface area contributed by atoms with Gasteiger partial charge in [-0.1, -0.05) is 31.7 Å². The van der Waals surface area contributed by atoms with Crippen LogP contribution in [-0.4, -0.2) is 12.6 Å². The van der Waals surface area contributed by atoms with Crippen LogP contribution in [-0.2, 0) is 0 Å². The van der Waals surface area contributed by atoms with Crippen LogP contribution >= 0.6 is 0 Å². The first-order valence-electron chi connectivity index (χ1n) is 3.82. The van der Waals surface area contributed by atoms with Crippen molar-refractivity contribution in [3.05, 3.63) is 24.8 Å². The van der Waals surface area contributed by atoms with Crippen LogP contribution in [0.4, 0.5) is 0 Å². The summed E-state index contributed by atoms with van der Waals surface area (Å²) in [7, 11) is 0. The predicted molar refractivity (Wildman–Crippen MR) is 47.1 cm³/mol. The van der Waals surface area contributed by atoms with E-state index in [9.17, 15) is 0 Å². The van der Waals surface area contributed by atoms with E-state index >= 15 is 0 Å². The van der Waals surface area contributed by atoms with Crippen molar-refractivity contribution in [3.8, 4) is 0 Å². The first-order valence-corrected chi connectivity index (χ1v) is 3.82. The summed E-state index contributed by atoms with van der Waals surface area (Å²) in [4.78, 5) is 0. The highest BCUT2D eigenvalue weighted by Gasteiger charge is 1.92. The standard InChI is InChI=1S/C9H17N/c1-4-6-7-8-9(3)10-5-2/h4,6-7,9-10H,1,5,8H2,2-3H3. The molecule has 1 unspecified atom stereocenters. The van der Waals surface area contributed by atoms with E-state index in [0.717, 1.165) is 13.0 Å². The molecule has 0 spiro atoms. The Hall–Kier alpha value is -0.560. The summed E-state index contributed by atoms with van der Waals surface area (Å²) in [5.41, 5.74) is 0. The topological polar surface area (TPSA) is 12.0 Å². The minimum absolute atomic E-state index is 0.584. The van der Waals surface area contributed by atoms with Crippen LogP contribution in [0.15, 0.2) is 24.8 Å². The summed E-state index contributed by atoms with van der Waals surface area (Å²) in [5, 5.41) is 3.32. The van der Waals surface area contributed by atoms with Gasteiger partial charge in [0.05, 0.1) is 0 Å². The number of rotatable bonds is 5. The lowest BCUT2D eigenvalue weighted by Gasteiger charge is -2.07. The van der Waals surface area contributed by atoms with E-state index in [1.54, 1.807) is 6.08 Å². The quantitative estimate of drug-likeness (QED) is 0.575. The Labute approximate surface area is 63.8 Å². The molecule has 1 N–H and O–H groups in total. The number of nitrogens with one attached hydrogen (secondary N) is 1. The summed E-state index contributed by atoms with van der Waals surface area (Å²) in [6.45, 7) is 8.94. The van der Waals surface area contributed by atoms with Crippen molar-refractivity contribution in [2.45, 2.75) is 26.3 Å². The molecule has 0 amide bonds. The maximum absolute atomic E-state index is 3.60. The fourth-order valence-electron chi connectivity index (χ4n) is 0.811. The average Bonchev–Trinajstić information content (AvgIpc) is 1.89. The maximum atomic E-state index is 3.60. The van der Waals surface area contributed by atoms with Gasteiger partial charge in [-0.05, 0) is 19.9 Å².